The van der Waals surface area contributed by atoms with Crippen LogP contribution in [0, 0.1) is 20.2 Å². The van der Waals surface area contributed by atoms with Crippen molar-refractivity contribution in [1.82, 2.24) is 0 Å². The molecule has 0 amide bonds. The molecule has 0 fully saturated rings. The molecule has 0 aliphatic rings. The third-order valence-corrected chi connectivity index (χ3v) is 5.14. The summed E-state index contributed by atoms with van der Waals surface area (Å²) in [5.41, 5.74) is 2.34. The molecule has 0 unspecified atom stereocenters. The summed E-state index contributed by atoms with van der Waals surface area (Å²) in [7, 11) is 0. The van der Waals surface area contributed by atoms with E-state index in [1.54, 1.807) is 36.4 Å². The van der Waals surface area contributed by atoms with Crippen molar-refractivity contribution in [3.63, 3.8) is 0 Å². The summed E-state index contributed by atoms with van der Waals surface area (Å²) >= 11 is 0. The van der Waals surface area contributed by atoms with E-state index in [1.807, 2.05) is 0 Å². The van der Waals surface area contributed by atoms with Crippen molar-refractivity contribution in [2.24, 2.45) is 0 Å². The smallest absolute Gasteiger partial charge is 0.335 e. The molecule has 0 saturated heterocycles. The lowest BCUT2D eigenvalue weighted by Crippen LogP contribution is -1.96. The summed E-state index contributed by atoms with van der Waals surface area (Å²) < 4.78 is 5.43. The highest BCUT2D eigenvalue weighted by molar-refractivity contribution is 5.88. The summed E-state index contributed by atoms with van der Waals surface area (Å²) in [5.74, 6) is -1.07. The molecular formula is C27H20N2O9. The van der Waals surface area contributed by atoms with E-state index in [0.717, 1.165) is 11.1 Å². The van der Waals surface area contributed by atoms with Crippen molar-refractivity contribution < 1.29 is 34.4 Å². The number of rotatable bonds is 8. The summed E-state index contributed by atoms with van der Waals surface area (Å²) in [6.07, 6.45) is 0.609. The molecule has 11 heteroatoms. The second-order valence-corrected chi connectivity index (χ2v) is 7.79. The van der Waals surface area contributed by atoms with E-state index in [2.05, 4.69) is 0 Å². The Morgan fingerprint density at radius 3 is 1.26 bits per heavy atom. The molecule has 0 heterocycles. The Morgan fingerprint density at radius 2 is 0.895 bits per heavy atom. The quantitative estimate of drug-likeness (QED) is 0.211. The number of aromatic carboxylic acids is 2. The molecule has 0 aliphatic carbocycles. The lowest BCUT2D eigenvalue weighted by atomic mass is 10.0. The fraction of sp³-hybridized carbons (Fsp3) is 0.0370. The van der Waals surface area contributed by atoms with E-state index in [-0.39, 0.29) is 22.5 Å². The first-order valence-corrected chi connectivity index (χ1v) is 10.9. The van der Waals surface area contributed by atoms with Crippen LogP contribution in [0.2, 0.25) is 0 Å². The van der Waals surface area contributed by atoms with Gasteiger partial charge in [-0.2, -0.15) is 0 Å². The summed E-state index contributed by atoms with van der Waals surface area (Å²) in [6, 6.07) is 24.4. The van der Waals surface area contributed by atoms with Crippen molar-refractivity contribution in [2.45, 2.75) is 6.42 Å². The topological polar surface area (TPSA) is 170 Å². The van der Waals surface area contributed by atoms with Gasteiger partial charge in [-0.05, 0) is 66.1 Å². The average Bonchev–Trinajstić information content (AvgIpc) is 2.90. The Labute approximate surface area is 215 Å². The predicted molar refractivity (Wildman–Crippen MR) is 136 cm³/mol. The second kappa shape index (κ2) is 12.4. The number of nitro benzene ring substituents is 2. The number of hydrogen-bond donors (Lipinski definition) is 2. The van der Waals surface area contributed by atoms with Crippen LogP contribution in [0.1, 0.15) is 31.8 Å². The standard InChI is InChI=1S/C14H11NO4.C13H9NO5/c16-14(17)12-5-1-10(2-6-12)9-11-3-7-13(8-4-11)15(18)19;15-13(16)9-1-5-11(6-2-9)19-12-7-3-10(4-8-12)14(17)18/h1-8H,9H2,(H,16,17);1-8H,(H,15,16). The Bertz CT molecular complexity index is 1210. The van der Waals surface area contributed by atoms with Gasteiger partial charge in [0, 0.05) is 24.3 Å². The Hall–Kier alpha value is -5.58. The minimum Gasteiger partial charge on any atom is -0.478 e. The fourth-order valence-electron chi connectivity index (χ4n) is 3.17. The van der Waals surface area contributed by atoms with Crippen molar-refractivity contribution in [3.8, 4) is 11.5 Å². The Balaban J connectivity index is 0.000000211. The average molecular weight is 516 g/mol. The molecule has 0 spiro atoms. The van der Waals surface area contributed by atoms with E-state index in [4.69, 9.17) is 14.9 Å². The zero-order chi connectivity index (χ0) is 27.7. The molecular weight excluding hydrogens is 496 g/mol. The van der Waals surface area contributed by atoms with Crippen molar-refractivity contribution in [3.05, 3.63) is 140 Å². The third-order valence-electron chi connectivity index (χ3n) is 5.14. The van der Waals surface area contributed by atoms with Crippen molar-refractivity contribution in [2.75, 3.05) is 0 Å². The molecule has 2 N–H and O–H groups in total. The number of benzene rings is 4. The van der Waals surface area contributed by atoms with Crippen molar-refractivity contribution >= 4 is 23.3 Å². The Kier molecular flexibility index (Phi) is 8.82. The molecule has 38 heavy (non-hydrogen) atoms. The van der Waals surface area contributed by atoms with Gasteiger partial charge in [-0.3, -0.25) is 20.2 Å². The first kappa shape index (κ1) is 27.0. The maximum atomic E-state index is 10.7. The number of carboxylic acid groups (broad SMARTS) is 2. The molecule has 0 bridgehead atoms. The van der Waals surface area contributed by atoms with E-state index in [9.17, 15) is 29.8 Å². The van der Waals surface area contributed by atoms with E-state index >= 15 is 0 Å². The van der Waals surface area contributed by atoms with Gasteiger partial charge >= 0.3 is 11.9 Å². The first-order chi connectivity index (χ1) is 18.1. The summed E-state index contributed by atoms with van der Waals surface area (Å²) in [4.78, 5) is 41.4. The van der Waals surface area contributed by atoms with Crippen LogP contribution in [0.3, 0.4) is 0 Å². The van der Waals surface area contributed by atoms with Crippen LogP contribution in [0.4, 0.5) is 11.4 Å². The number of carboxylic acids is 2. The minimum absolute atomic E-state index is 0.0198. The van der Waals surface area contributed by atoms with Gasteiger partial charge in [-0.25, -0.2) is 9.59 Å². The largest absolute Gasteiger partial charge is 0.478 e. The Morgan fingerprint density at radius 1 is 0.579 bits per heavy atom. The zero-order valence-electron chi connectivity index (χ0n) is 19.6. The number of carbonyl (C=O) groups is 2. The van der Waals surface area contributed by atoms with Gasteiger partial charge in [0.25, 0.3) is 11.4 Å². The molecule has 4 aromatic carbocycles. The number of ether oxygens (including phenoxy) is 1. The SMILES string of the molecule is O=C(O)c1ccc(Cc2ccc([N+](=O)[O-])cc2)cc1.O=C(O)c1ccc(Oc2ccc([N+](=O)[O-])cc2)cc1. The molecule has 192 valence electrons. The van der Waals surface area contributed by atoms with Gasteiger partial charge in [-0.15, -0.1) is 0 Å². The first-order valence-electron chi connectivity index (χ1n) is 10.9. The van der Waals surface area contributed by atoms with Crippen LogP contribution in [-0.4, -0.2) is 32.0 Å². The molecule has 4 aromatic rings. The van der Waals surface area contributed by atoms with Gasteiger partial charge < -0.3 is 14.9 Å². The molecule has 0 radical (unpaired) electrons. The monoisotopic (exact) mass is 516 g/mol. The molecule has 0 saturated carbocycles. The van der Waals surface area contributed by atoms with Crippen LogP contribution in [-0.2, 0) is 6.42 Å². The zero-order valence-corrected chi connectivity index (χ0v) is 19.6. The lowest BCUT2D eigenvalue weighted by molar-refractivity contribution is -0.385. The second-order valence-electron chi connectivity index (χ2n) is 7.79. The number of nitrogens with zero attached hydrogens (tertiary/aromatic N) is 2. The maximum Gasteiger partial charge on any atom is 0.335 e. The predicted octanol–water partition coefficient (Wildman–Crippen LogP) is 5.97. The number of non-ortho nitro benzene ring substituents is 2. The molecule has 11 nitrogen and oxygen atoms in total. The van der Waals surface area contributed by atoms with Gasteiger partial charge in [0.15, 0.2) is 0 Å². The highest BCUT2D eigenvalue weighted by atomic mass is 16.6. The molecule has 0 aromatic heterocycles. The normalized spacial score (nSPS) is 10.0. The van der Waals surface area contributed by atoms with Gasteiger partial charge in [0.1, 0.15) is 11.5 Å². The molecule has 0 atom stereocenters. The van der Waals surface area contributed by atoms with Gasteiger partial charge in [-0.1, -0.05) is 24.3 Å². The van der Waals surface area contributed by atoms with Crippen LogP contribution >= 0.6 is 0 Å². The van der Waals surface area contributed by atoms with Gasteiger partial charge in [0.2, 0.25) is 0 Å². The van der Waals surface area contributed by atoms with Crippen LogP contribution < -0.4 is 4.74 Å². The highest BCUT2D eigenvalue weighted by Crippen LogP contribution is 2.24. The van der Waals surface area contributed by atoms with Crippen molar-refractivity contribution in [1.29, 1.82) is 0 Å². The minimum atomic E-state index is -1.01. The van der Waals surface area contributed by atoms with E-state index < -0.39 is 21.8 Å². The van der Waals surface area contributed by atoms with Crippen LogP contribution in [0.15, 0.2) is 97.1 Å². The van der Waals surface area contributed by atoms with Gasteiger partial charge in [0.05, 0.1) is 21.0 Å². The fourth-order valence-corrected chi connectivity index (χ4v) is 3.17. The number of nitro groups is 2. The third kappa shape index (κ3) is 7.71. The van der Waals surface area contributed by atoms with E-state index in [1.165, 1.54) is 60.7 Å². The summed E-state index contributed by atoms with van der Waals surface area (Å²) in [6.45, 7) is 0. The highest BCUT2D eigenvalue weighted by Gasteiger charge is 2.07. The maximum absolute atomic E-state index is 10.7. The molecule has 4 rings (SSSR count). The lowest BCUT2D eigenvalue weighted by Gasteiger charge is -2.05. The van der Waals surface area contributed by atoms with Crippen LogP contribution in [0.25, 0.3) is 0 Å². The number of hydrogen-bond acceptors (Lipinski definition) is 7. The van der Waals surface area contributed by atoms with E-state index in [0.29, 0.717) is 17.9 Å². The van der Waals surface area contributed by atoms with Crippen LogP contribution in [0.5, 0.6) is 11.5 Å². The summed E-state index contributed by atoms with van der Waals surface area (Å²) in [5, 5.41) is 38.5. The molecule has 0 aliphatic heterocycles.